The number of hydrogen-bond acceptors (Lipinski definition) is 5. The van der Waals surface area contributed by atoms with Crippen molar-refractivity contribution in [1.29, 1.82) is 0 Å². The normalized spacial score (nSPS) is 15.7. The fourth-order valence-corrected chi connectivity index (χ4v) is 3.83. The number of amides is 1. The Bertz CT molecular complexity index is 888. The standard InChI is InChI=1S/C19H15F2NO3S2/c1-2-24-14-10-6-7-12(16(14)25-18(20)21)11-15-17(23)22(19(26)27-15)13-8-4-3-5-9-13/h3-11,18H,2H2,1H3/b15-11-. The van der Waals surface area contributed by atoms with Gasteiger partial charge in [0.1, 0.15) is 0 Å². The summed E-state index contributed by atoms with van der Waals surface area (Å²) in [5.41, 5.74) is 0.963. The van der Waals surface area contributed by atoms with Crippen LogP contribution in [0.1, 0.15) is 12.5 Å². The summed E-state index contributed by atoms with van der Waals surface area (Å²) in [5, 5.41) is 0. The average Bonchev–Trinajstić information content (AvgIpc) is 2.92. The van der Waals surface area contributed by atoms with Crippen LogP contribution in [-0.4, -0.2) is 23.4 Å². The Morgan fingerprint density at radius 3 is 2.59 bits per heavy atom. The van der Waals surface area contributed by atoms with Gasteiger partial charge in [-0.1, -0.05) is 54.3 Å². The Morgan fingerprint density at radius 1 is 1.19 bits per heavy atom. The van der Waals surface area contributed by atoms with Gasteiger partial charge in [0.25, 0.3) is 5.91 Å². The van der Waals surface area contributed by atoms with Gasteiger partial charge in [0.2, 0.25) is 0 Å². The summed E-state index contributed by atoms with van der Waals surface area (Å²) in [7, 11) is 0. The fraction of sp³-hybridized carbons (Fsp3) is 0.158. The topological polar surface area (TPSA) is 38.8 Å². The van der Waals surface area contributed by atoms with Crippen LogP contribution in [0.2, 0.25) is 0 Å². The number of thioether (sulfide) groups is 1. The van der Waals surface area contributed by atoms with Gasteiger partial charge in [-0.3, -0.25) is 9.69 Å². The molecule has 0 unspecified atom stereocenters. The highest BCUT2D eigenvalue weighted by molar-refractivity contribution is 8.27. The third-order valence-corrected chi connectivity index (χ3v) is 4.91. The molecule has 27 heavy (non-hydrogen) atoms. The minimum absolute atomic E-state index is 0.112. The number of anilines is 1. The van der Waals surface area contributed by atoms with Crippen molar-refractivity contribution in [2.75, 3.05) is 11.5 Å². The first kappa shape index (κ1) is 19.3. The van der Waals surface area contributed by atoms with E-state index in [2.05, 4.69) is 4.74 Å². The van der Waals surface area contributed by atoms with Crippen LogP contribution in [0.25, 0.3) is 6.08 Å². The lowest BCUT2D eigenvalue weighted by Gasteiger charge is -2.14. The smallest absolute Gasteiger partial charge is 0.387 e. The molecule has 4 nitrogen and oxygen atoms in total. The summed E-state index contributed by atoms with van der Waals surface area (Å²) in [6, 6.07) is 13.7. The molecule has 1 saturated heterocycles. The lowest BCUT2D eigenvalue weighted by Crippen LogP contribution is -2.27. The first-order chi connectivity index (χ1) is 13.0. The van der Waals surface area contributed by atoms with Crippen LogP contribution in [0.5, 0.6) is 11.5 Å². The number of ether oxygens (including phenoxy) is 2. The second kappa shape index (κ2) is 8.49. The van der Waals surface area contributed by atoms with Crippen molar-refractivity contribution in [3.8, 4) is 11.5 Å². The molecule has 0 radical (unpaired) electrons. The highest BCUT2D eigenvalue weighted by Crippen LogP contribution is 2.39. The van der Waals surface area contributed by atoms with Gasteiger partial charge in [0, 0.05) is 5.56 Å². The number of carbonyl (C=O) groups is 1. The fourth-order valence-electron chi connectivity index (χ4n) is 2.54. The monoisotopic (exact) mass is 407 g/mol. The summed E-state index contributed by atoms with van der Waals surface area (Å²) >= 11 is 6.42. The van der Waals surface area contributed by atoms with Crippen molar-refractivity contribution in [2.24, 2.45) is 0 Å². The Morgan fingerprint density at radius 2 is 1.93 bits per heavy atom. The second-order valence-corrected chi connectivity index (χ2v) is 7.01. The summed E-state index contributed by atoms with van der Waals surface area (Å²) in [6.07, 6.45) is 1.49. The second-order valence-electron chi connectivity index (χ2n) is 5.34. The molecule has 3 rings (SSSR count). The number of carbonyl (C=O) groups excluding carboxylic acids is 1. The summed E-state index contributed by atoms with van der Waals surface area (Å²) in [5.74, 6) is -0.245. The number of benzene rings is 2. The van der Waals surface area contributed by atoms with Crippen molar-refractivity contribution in [3.05, 3.63) is 59.0 Å². The van der Waals surface area contributed by atoms with E-state index in [1.807, 2.05) is 6.07 Å². The molecule has 0 saturated carbocycles. The number of hydrogen-bond donors (Lipinski definition) is 0. The van der Waals surface area contributed by atoms with Crippen molar-refractivity contribution < 1.29 is 23.0 Å². The molecule has 1 amide bonds. The zero-order valence-corrected chi connectivity index (χ0v) is 15.9. The van der Waals surface area contributed by atoms with Gasteiger partial charge in [0.15, 0.2) is 15.8 Å². The Hall–Kier alpha value is -2.45. The van der Waals surface area contributed by atoms with Crippen LogP contribution in [0, 0.1) is 0 Å². The Balaban J connectivity index is 1.98. The van der Waals surface area contributed by atoms with Crippen LogP contribution >= 0.6 is 24.0 Å². The minimum Gasteiger partial charge on any atom is -0.490 e. The highest BCUT2D eigenvalue weighted by atomic mass is 32.2. The minimum atomic E-state index is -3.02. The van der Waals surface area contributed by atoms with Gasteiger partial charge in [-0.05, 0) is 31.2 Å². The zero-order valence-electron chi connectivity index (χ0n) is 14.2. The van der Waals surface area contributed by atoms with E-state index in [0.29, 0.717) is 27.1 Å². The molecule has 140 valence electrons. The molecule has 1 aliphatic rings. The summed E-state index contributed by atoms with van der Waals surface area (Å²) in [4.78, 5) is 14.5. The van der Waals surface area contributed by atoms with Gasteiger partial charge in [-0.15, -0.1) is 0 Å². The van der Waals surface area contributed by atoms with E-state index in [1.54, 1.807) is 43.3 Å². The quantitative estimate of drug-likeness (QED) is 0.493. The van der Waals surface area contributed by atoms with Crippen molar-refractivity contribution in [2.45, 2.75) is 13.5 Å². The largest absolute Gasteiger partial charge is 0.490 e. The molecule has 1 heterocycles. The maximum atomic E-state index is 12.9. The van der Waals surface area contributed by atoms with Crippen molar-refractivity contribution in [1.82, 2.24) is 0 Å². The predicted octanol–water partition coefficient (Wildman–Crippen LogP) is 5.09. The molecule has 0 aliphatic carbocycles. The molecule has 1 fully saturated rings. The van der Waals surface area contributed by atoms with E-state index in [9.17, 15) is 13.6 Å². The maximum absolute atomic E-state index is 12.9. The number of thiocarbonyl (C=S) groups is 1. The third-order valence-electron chi connectivity index (χ3n) is 3.61. The molecule has 0 aromatic heterocycles. The number of alkyl halides is 2. The molecule has 2 aromatic carbocycles. The maximum Gasteiger partial charge on any atom is 0.387 e. The van der Waals surface area contributed by atoms with Crippen LogP contribution in [0.4, 0.5) is 14.5 Å². The lowest BCUT2D eigenvalue weighted by atomic mass is 10.1. The predicted molar refractivity (Wildman–Crippen MR) is 106 cm³/mol. The van der Waals surface area contributed by atoms with E-state index in [1.165, 1.54) is 17.0 Å². The van der Waals surface area contributed by atoms with Crippen LogP contribution < -0.4 is 14.4 Å². The first-order valence-corrected chi connectivity index (χ1v) is 9.27. The van der Waals surface area contributed by atoms with Gasteiger partial charge in [-0.2, -0.15) is 8.78 Å². The Kier molecular flexibility index (Phi) is 6.08. The molecule has 8 heteroatoms. The van der Waals surface area contributed by atoms with Crippen molar-refractivity contribution >= 4 is 46.0 Å². The molecule has 1 aliphatic heterocycles. The highest BCUT2D eigenvalue weighted by Gasteiger charge is 2.33. The number of para-hydroxylation sites is 2. The van der Waals surface area contributed by atoms with E-state index in [0.717, 1.165) is 11.8 Å². The van der Waals surface area contributed by atoms with Gasteiger partial charge in [0.05, 0.1) is 17.2 Å². The van der Waals surface area contributed by atoms with Crippen LogP contribution in [0.3, 0.4) is 0 Å². The van der Waals surface area contributed by atoms with Crippen LogP contribution in [0.15, 0.2) is 53.4 Å². The number of halogens is 2. The summed E-state index contributed by atoms with van der Waals surface area (Å²) in [6.45, 7) is -0.985. The molecule has 2 aromatic rings. The van der Waals surface area contributed by atoms with E-state index in [4.69, 9.17) is 17.0 Å². The van der Waals surface area contributed by atoms with Gasteiger partial charge >= 0.3 is 6.61 Å². The summed E-state index contributed by atoms with van der Waals surface area (Å²) < 4.78 is 36.1. The molecule has 0 N–H and O–H groups in total. The van der Waals surface area contributed by atoms with Gasteiger partial charge in [-0.25, -0.2) is 0 Å². The lowest BCUT2D eigenvalue weighted by molar-refractivity contribution is -0.113. The van der Waals surface area contributed by atoms with Crippen LogP contribution in [-0.2, 0) is 4.79 Å². The Labute approximate surface area is 164 Å². The van der Waals surface area contributed by atoms with E-state index < -0.39 is 6.61 Å². The molecule has 0 bridgehead atoms. The molecule has 0 atom stereocenters. The average molecular weight is 407 g/mol. The zero-order chi connectivity index (χ0) is 19.4. The van der Waals surface area contributed by atoms with E-state index >= 15 is 0 Å². The molecular formula is C19H15F2NO3S2. The molecular weight excluding hydrogens is 392 g/mol. The van der Waals surface area contributed by atoms with Gasteiger partial charge < -0.3 is 9.47 Å². The first-order valence-electron chi connectivity index (χ1n) is 8.05. The number of rotatable bonds is 6. The molecule has 0 spiro atoms. The number of nitrogens with zero attached hydrogens (tertiary/aromatic N) is 1. The van der Waals surface area contributed by atoms with E-state index in [-0.39, 0.29) is 17.4 Å². The SMILES string of the molecule is CCOc1cccc(/C=C2\SC(=S)N(c3ccccc3)C2=O)c1OC(F)F. The van der Waals surface area contributed by atoms with Crippen molar-refractivity contribution in [3.63, 3.8) is 0 Å². The third kappa shape index (κ3) is 4.28.